The molecule has 1 amide bonds. The number of rotatable bonds is 6. The average molecular weight is 379 g/mol. The first-order valence-corrected chi connectivity index (χ1v) is 8.89. The fraction of sp³-hybridized carbons (Fsp3) is 0.238. The van der Waals surface area contributed by atoms with E-state index in [2.05, 4.69) is 4.98 Å². The van der Waals surface area contributed by atoms with E-state index in [0.717, 1.165) is 5.69 Å². The smallest absolute Gasteiger partial charge is 0.306 e. The Morgan fingerprint density at radius 1 is 1.07 bits per heavy atom. The molecule has 3 aromatic rings. The van der Waals surface area contributed by atoms with Crippen LogP contribution in [0, 0.1) is 0 Å². The molecule has 0 atom stereocenters. The van der Waals surface area contributed by atoms with Crippen LogP contribution in [0.1, 0.15) is 12.2 Å². The van der Waals surface area contributed by atoms with E-state index in [0.29, 0.717) is 16.7 Å². The van der Waals surface area contributed by atoms with Gasteiger partial charge < -0.3 is 9.64 Å². The lowest BCUT2D eigenvalue weighted by Gasteiger charge is -2.17. The standard InChI is InChI=1S/C21H21N3O4/c1-23(15-8-4-3-5-9-15)19(25)14-28-20(26)13-12-18-22-17-11-7-6-10-16(17)21(27)24(18)2/h3-11H,12-14H2,1-2H3. The molecule has 0 spiro atoms. The highest BCUT2D eigenvalue weighted by Gasteiger charge is 2.15. The number of aryl methyl sites for hydroxylation is 1. The number of para-hydroxylation sites is 2. The summed E-state index contributed by atoms with van der Waals surface area (Å²) in [7, 11) is 3.25. The zero-order valence-corrected chi connectivity index (χ0v) is 15.8. The van der Waals surface area contributed by atoms with Crippen molar-refractivity contribution in [2.24, 2.45) is 7.05 Å². The quantitative estimate of drug-likeness (QED) is 0.613. The molecule has 1 aromatic heterocycles. The predicted molar refractivity (Wildman–Crippen MR) is 106 cm³/mol. The topological polar surface area (TPSA) is 81.5 Å². The number of benzene rings is 2. The van der Waals surface area contributed by atoms with E-state index >= 15 is 0 Å². The first-order valence-electron chi connectivity index (χ1n) is 8.89. The minimum absolute atomic E-state index is 0.0287. The van der Waals surface area contributed by atoms with Crippen molar-refractivity contribution in [3.05, 3.63) is 70.8 Å². The highest BCUT2D eigenvalue weighted by atomic mass is 16.5. The molecule has 0 saturated carbocycles. The molecule has 7 nitrogen and oxygen atoms in total. The summed E-state index contributed by atoms with van der Waals surface area (Å²) in [4.78, 5) is 42.4. The van der Waals surface area contributed by atoms with Gasteiger partial charge in [-0.15, -0.1) is 0 Å². The van der Waals surface area contributed by atoms with E-state index in [1.54, 1.807) is 44.4 Å². The molecule has 1 heterocycles. The number of aromatic nitrogens is 2. The van der Waals surface area contributed by atoms with Gasteiger partial charge in [0.2, 0.25) is 0 Å². The van der Waals surface area contributed by atoms with Gasteiger partial charge in [-0.25, -0.2) is 4.98 Å². The van der Waals surface area contributed by atoms with Crippen molar-refractivity contribution in [2.45, 2.75) is 12.8 Å². The van der Waals surface area contributed by atoms with E-state index in [1.165, 1.54) is 9.47 Å². The zero-order valence-electron chi connectivity index (χ0n) is 15.8. The van der Waals surface area contributed by atoms with Gasteiger partial charge in [0.05, 0.1) is 17.3 Å². The Kier molecular flexibility index (Phi) is 5.84. The predicted octanol–water partition coefficient (Wildman–Crippen LogP) is 2.07. The van der Waals surface area contributed by atoms with Gasteiger partial charge in [-0.3, -0.25) is 19.0 Å². The lowest BCUT2D eigenvalue weighted by atomic mass is 10.2. The van der Waals surface area contributed by atoms with Crippen molar-refractivity contribution >= 4 is 28.5 Å². The second-order valence-corrected chi connectivity index (χ2v) is 6.36. The molecule has 0 fully saturated rings. The van der Waals surface area contributed by atoms with E-state index in [4.69, 9.17) is 4.74 Å². The van der Waals surface area contributed by atoms with Crippen LogP contribution in [0.3, 0.4) is 0 Å². The molecule has 0 unspecified atom stereocenters. The number of ether oxygens (including phenoxy) is 1. The van der Waals surface area contributed by atoms with Gasteiger partial charge in [-0.05, 0) is 24.3 Å². The Hall–Kier alpha value is -3.48. The van der Waals surface area contributed by atoms with Gasteiger partial charge in [0.1, 0.15) is 5.82 Å². The van der Waals surface area contributed by atoms with Gasteiger partial charge in [0, 0.05) is 26.2 Å². The van der Waals surface area contributed by atoms with Crippen LogP contribution in [0.4, 0.5) is 5.69 Å². The number of fused-ring (bicyclic) bond motifs is 1. The number of hydrogen-bond acceptors (Lipinski definition) is 5. The average Bonchev–Trinajstić information content (AvgIpc) is 2.73. The van der Waals surface area contributed by atoms with Crippen LogP contribution in [0.2, 0.25) is 0 Å². The summed E-state index contributed by atoms with van der Waals surface area (Å²) < 4.78 is 6.51. The molecule has 2 aromatic carbocycles. The van der Waals surface area contributed by atoms with Crippen LogP contribution in [0.25, 0.3) is 10.9 Å². The summed E-state index contributed by atoms with van der Waals surface area (Å²) in [6, 6.07) is 16.2. The molecule has 144 valence electrons. The number of anilines is 1. The minimum atomic E-state index is -0.516. The second kappa shape index (κ2) is 8.47. The Balaban J connectivity index is 1.57. The first-order chi connectivity index (χ1) is 13.5. The first kappa shape index (κ1) is 19.3. The summed E-state index contributed by atoms with van der Waals surface area (Å²) in [6.45, 7) is -0.339. The molecule has 0 saturated heterocycles. The lowest BCUT2D eigenvalue weighted by molar-refractivity contribution is -0.147. The maximum atomic E-state index is 12.4. The molecule has 0 N–H and O–H groups in total. The molecule has 28 heavy (non-hydrogen) atoms. The normalized spacial score (nSPS) is 10.6. The molecular formula is C21H21N3O4. The van der Waals surface area contributed by atoms with Crippen molar-refractivity contribution in [1.82, 2.24) is 9.55 Å². The van der Waals surface area contributed by atoms with Crippen LogP contribution in [0.5, 0.6) is 0 Å². The van der Waals surface area contributed by atoms with Gasteiger partial charge in [-0.1, -0.05) is 30.3 Å². The van der Waals surface area contributed by atoms with Gasteiger partial charge in [-0.2, -0.15) is 0 Å². The van der Waals surface area contributed by atoms with Gasteiger partial charge in [0.25, 0.3) is 11.5 Å². The fourth-order valence-electron chi connectivity index (χ4n) is 2.81. The van der Waals surface area contributed by atoms with Crippen molar-refractivity contribution in [1.29, 1.82) is 0 Å². The molecular weight excluding hydrogens is 358 g/mol. The molecule has 0 aliphatic carbocycles. The number of nitrogens with zero attached hydrogens (tertiary/aromatic N) is 3. The van der Waals surface area contributed by atoms with Crippen LogP contribution < -0.4 is 10.5 Å². The van der Waals surface area contributed by atoms with Crippen LogP contribution >= 0.6 is 0 Å². The maximum Gasteiger partial charge on any atom is 0.306 e. The summed E-state index contributed by atoms with van der Waals surface area (Å²) in [6.07, 6.45) is 0.277. The Morgan fingerprint density at radius 3 is 2.50 bits per heavy atom. The summed E-state index contributed by atoms with van der Waals surface area (Å²) in [5, 5.41) is 0.533. The van der Waals surface area contributed by atoms with Crippen molar-refractivity contribution in [2.75, 3.05) is 18.6 Å². The molecule has 0 radical (unpaired) electrons. The zero-order chi connectivity index (χ0) is 20.1. The number of likely N-dealkylation sites (N-methyl/N-ethyl adjacent to an activating group) is 1. The number of esters is 1. The Bertz CT molecular complexity index is 1060. The van der Waals surface area contributed by atoms with Crippen molar-refractivity contribution in [3.63, 3.8) is 0 Å². The number of carbonyl (C=O) groups is 2. The Morgan fingerprint density at radius 2 is 1.75 bits per heavy atom. The summed E-state index contributed by atoms with van der Waals surface area (Å²) in [5.41, 5.74) is 1.15. The highest BCUT2D eigenvalue weighted by molar-refractivity contribution is 5.94. The molecule has 0 aliphatic heterocycles. The van der Waals surface area contributed by atoms with E-state index in [1.807, 2.05) is 24.3 Å². The maximum absolute atomic E-state index is 12.4. The summed E-state index contributed by atoms with van der Waals surface area (Å²) >= 11 is 0. The van der Waals surface area contributed by atoms with Crippen LogP contribution in [-0.2, 0) is 27.8 Å². The van der Waals surface area contributed by atoms with E-state index < -0.39 is 5.97 Å². The van der Waals surface area contributed by atoms with E-state index in [9.17, 15) is 14.4 Å². The third kappa shape index (κ3) is 4.25. The second-order valence-electron chi connectivity index (χ2n) is 6.36. The van der Waals surface area contributed by atoms with Gasteiger partial charge in [0.15, 0.2) is 6.61 Å². The third-order valence-electron chi connectivity index (χ3n) is 4.50. The van der Waals surface area contributed by atoms with Crippen LogP contribution in [-0.4, -0.2) is 35.1 Å². The monoisotopic (exact) mass is 379 g/mol. The largest absolute Gasteiger partial charge is 0.456 e. The van der Waals surface area contributed by atoms with E-state index in [-0.39, 0.29) is 30.9 Å². The lowest BCUT2D eigenvalue weighted by Crippen LogP contribution is -2.31. The van der Waals surface area contributed by atoms with Gasteiger partial charge >= 0.3 is 5.97 Å². The molecule has 3 rings (SSSR count). The minimum Gasteiger partial charge on any atom is -0.456 e. The Labute approximate surface area is 162 Å². The highest BCUT2D eigenvalue weighted by Crippen LogP contribution is 2.11. The van der Waals surface area contributed by atoms with Crippen molar-refractivity contribution < 1.29 is 14.3 Å². The third-order valence-corrected chi connectivity index (χ3v) is 4.50. The van der Waals surface area contributed by atoms with Crippen molar-refractivity contribution in [3.8, 4) is 0 Å². The molecule has 0 bridgehead atoms. The molecule has 7 heteroatoms. The molecule has 0 aliphatic rings. The number of carbonyl (C=O) groups excluding carboxylic acids is 2. The number of amides is 1. The van der Waals surface area contributed by atoms with Crippen LogP contribution in [0.15, 0.2) is 59.4 Å². The number of hydrogen-bond donors (Lipinski definition) is 0. The summed E-state index contributed by atoms with van der Waals surface area (Å²) in [5.74, 6) is -0.346. The SMILES string of the molecule is CN(C(=O)COC(=O)CCc1nc2ccccc2c(=O)n1C)c1ccccc1. The fourth-order valence-corrected chi connectivity index (χ4v) is 2.81.